The first-order chi connectivity index (χ1) is 11.1. The summed E-state index contributed by atoms with van der Waals surface area (Å²) in [5.41, 5.74) is 4.37. The first kappa shape index (κ1) is 17.0. The third kappa shape index (κ3) is 4.11. The lowest BCUT2D eigenvalue weighted by Gasteiger charge is -2.11. The highest BCUT2D eigenvalue weighted by Crippen LogP contribution is 2.29. The van der Waals surface area contributed by atoms with Gasteiger partial charge in [-0.15, -0.1) is 0 Å². The van der Waals surface area contributed by atoms with Crippen LogP contribution in [0, 0.1) is 6.92 Å². The van der Waals surface area contributed by atoms with Gasteiger partial charge in [-0.25, -0.2) is 0 Å². The fourth-order valence-corrected chi connectivity index (χ4v) is 2.56. The van der Waals surface area contributed by atoms with E-state index >= 15 is 0 Å². The van der Waals surface area contributed by atoms with Gasteiger partial charge in [0.25, 0.3) is 5.91 Å². The molecule has 0 saturated carbocycles. The van der Waals surface area contributed by atoms with E-state index in [9.17, 15) is 4.79 Å². The van der Waals surface area contributed by atoms with Crippen LogP contribution in [-0.4, -0.2) is 25.8 Å². The van der Waals surface area contributed by atoms with E-state index in [4.69, 9.17) is 16.4 Å². The minimum atomic E-state index is -0.255. The molecule has 0 spiro atoms. The van der Waals surface area contributed by atoms with Crippen molar-refractivity contribution in [2.24, 2.45) is 5.16 Å². The number of halogens is 1. The summed E-state index contributed by atoms with van der Waals surface area (Å²) in [6, 6.07) is 13.7. The quantitative estimate of drug-likeness (QED) is 0.672. The normalized spacial score (nSPS) is 11.2. The zero-order valence-electron chi connectivity index (χ0n) is 13.4. The zero-order valence-corrected chi connectivity index (χ0v) is 14.1. The van der Waals surface area contributed by atoms with E-state index < -0.39 is 0 Å². The Kier molecular flexibility index (Phi) is 5.77. The predicted molar refractivity (Wildman–Crippen MR) is 93.8 cm³/mol. The number of carbonyl (C=O) groups excluding carboxylic acids is 1. The van der Waals surface area contributed by atoms with Gasteiger partial charge in [-0.1, -0.05) is 53.2 Å². The van der Waals surface area contributed by atoms with Crippen molar-refractivity contribution in [2.45, 2.75) is 13.3 Å². The molecule has 0 heterocycles. The predicted octanol–water partition coefficient (Wildman–Crippen LogP) is 3.61. The molecule has 1 amide bonds. The first-order valence-corrected chi connectivity index (χ1v) is 7.61. The highest BCUT2D eigenvalue weighted by molar-refractivity contribution is 6.39. The third-order valence-electron chi connectivity index (χ3n) is 3.58. The average molecular weight is 331 g/mol. The second-order valence-corrected chi connectivity index (χ2v) is 5.50. The summed E-state index contributed by atoms with van der Waals surface area (Å²) in [5, 5.41) is 7.10. The average Bonchev–Trinajstić information content (AvgIpc) is 2.56. The van der Waals surface area contributed by atoms with Gasteiger partial charge in [-0.05, 0) is 29.7 Å². The first-order valence-electron chi connectivity index (χ1n) is 7.23. The van der Waals surface area contributed by atoms with Crippen molar-refractivity contribution in [1.29, 1.82) is 0 Å². The summed E-state index contributed by atoms with van der Waals surface area (Å²) in [6.07, 6.45) is 0.387. The zero-order chi connectivity index (χ0) is 16.8. The Morgan fingerprint density at radius 1 is 1.26 bits per heavy atom. The number of aryl methyl sites for hydroxylation is 1. The lowest BCUT2D eigenvalue weighted by Crippen LogP contribution is -2.29. The van der Waals surface area contributed by atoms with Gasteiger partial charge < -0.3 is 10.2 Å². The van der Waals surface area contributed by atoms with Crippen LogP contribution in [0.25, 0.3) is 11.1 Å². The van der Waals surface area contributed by atoms with E-state index in [2.05, 4.69) is 10.5 Å². The molecule has 1 N–H and O–H groups in total. The van der Waals surface area contributed by atoms with Crippen LogP contribution < -0.4 is 5.32 Å². The Morgan fingerprint density at radius 3 is 2.65 bits per heavy atom. The molecule has 0 aliphatic carbocycles. The van der Waals surface area contributed by atoms with Gasteiger partial charge in [0, 0.05) is 24.1 Å². The van der Waals surface area contributed by atoms with Crippen LogP contribution in [0.4, 0.5) is 0 Å². The van der Waals surface area contributed by atoms with Crippen molar-refractivity contribution >= 4 is 23.2 Å². The van der Waals surface area contributed by atoms with Crippen LogP contribution in [0.3, 0.4) is 0 Å². The maximum Gasteiger partial charge on any atom is 0.269 e. The van der Waals surface area contributed by atoms with E-state index in [1.807, 2.05) is 49.4 Å². The monoisotopic (exact) mass is 330 g/mol. The van der Waals surface area contributed by atoms with E-state index in [1.165, 1.54) is 7.11 Å². The van der Waals surface area contributed by atoms with Crippen molar-refractivity contribution in [2.75, 3.05) is 14.2 Å². The lowest BCUT2D eigenvalue weighted by molar-refractivity contribution is -0.114. The lowest BCUT2D eigenvalue weighted by atomic mass is 9.96. The number of amides is 1. The van der Waals surface area contributed by atoms with Crippen LogP contribution in [0.1, 0.15) is 11.1 Å². The highest BCUT2D eigenvalue weighted by Gasteiger charge is 2.14. The number of carbonyl (C=O) groups is 1. The minimum Gasteiger partial charge on any atom is -0.399 e. The number of rotatable bonds is 5. The molecule has 0 fully saturated rings. The summed E-state index contributed by atoms with van der Waals surface area (Å²) < 4.78 is 0. The van der Waals surface area contributed by atoms with Crippen LogP contribution in [0.5, 0.6) is 0 Å². The minimum absolute atomic E-state index is 0.255. The Hall–Kier alpha value is -2.33. The molecule has 0 atom stereocenters. The summed E-state index contributed by atoms with van der Waals surface area (Å²) >= 11 is 6.27. The van der Waals surface area contributed by atoms with Crippen LogP contribution >= 0.6 is 11.6 Å². The van der Waals surface area contributed by atoms with Gasteiger partial charge in [0.15, 0.2) is 0 Å². The molecule has 120 valence electrons. The maximum absolute atomic E-state index is 11.9. The second kappa shape index (κ2) is 7.79. The van der Waals surface area contributed by atoms with E-state index in [0.717, 1.165) is 22.3 Å². The largest absolute Gasteiger partial charge is 0.399 e. The fraction of sp³-hybridized carbons (Fsp3) is 0.222. The molecule has 0 bridgehead atoms. The SMILES string of the molecule is CNC(=O)C(Cc1cc(-c2ccccc2Cl)ccc1C)=NOC. The Labute approximate surface area is 141 Å². The standard InChI is InChI=1S/C18H19ClN2O2/c1-12-8-9-13(15-6-4-5-7-16(15)19)10-14(12)11-17(21-23-3)18(22)20-2/h4-10H,11H2,1-3H3,(H,20,22). The van der Waals surface area contributed by atoms with Crippen LogP contribution in [0.15, 0.2) is 47.6 Å². The molecule has 0 unspecified atom stereocenters. The molecule has 0 aromatic heterocycles. The number of nitrogens with one attached hydrogen (secondary N) is 1. The third-order valence-corrected chi connectivity index (χ3v) is 3.91. The molecular weight excluding hydrogens is 312 g/mol. The molecule has 23 heavy (non-hydrogen) atoms. The van der Waals surface area contributed by atoms with Crippen molar-refractivity contribution < 1.29 is 9.63 Å². The summed E-state index contributed by atoms with van der Waals surface area (Å²) in [5.74, 6) is -0.255. The summed E-state index contributed by atoms with van der Waals surface area (Å²) in [7, 11) is 3.00. The van der Waals surface area contributed by atoms with Crippen molar-refractivity contribution in [3.05, 3.63) is 58.6 Å². The van der Waals surface area contributed by atoms with Gasteiger partial charge >= 0.3 is 0 Å². The second-order valence-electron chi connectivity index (χ2n) is 5.10. The summed E-state index contributed by atoms with van der Waals surface area (Å²) in [4.78, 5) is 16.7. The summed E-state index contributed by atoms with van der Waals surface area (Å²) in [6.45, 7) is 2.00. The topological polar surface area (TPSA) is 50.7 Å². The number of nitrogens with zero attached hydrogens (tertiary/aromatic N) is 1. The molecule has 2 rings (SSSR count). The molecule has 2 aromatic rings. The van der Waals surface area contributed by atoms with Crippen molar-refractivity contribution in [1.82, 2.24) is 5.32 Å². The molecular formula is C18H19ClN2O2. The molecule has 2 aromatic carbocycles. The van der Waals surface area contributed by atoms with Crippen molar-refractivity contribution in [3.63, 3.8) is 0 Å². The van der Waals surface area contributed by atoms with E-state index in [-0.39, 0.29) is 5.91 Å². The van der Waals surface area contributed by atoms with Gasteiger partial charge in [0.1, 0.15) is 12.8 Å². The Balaban J connectivity index is 2.40. The number of hydrogen-bond acceptors (Lipinski definition) is 3. The molecule has 0 radical (unpaired) electrons. The van der Waals surface area contributed by atoms with Crippen molar-refractivity contribution in [3.8, 4) is 11.1 Å². The van der Waals surface area contributed by atoms with Gasteiger partial charge in [0.05, 0.1) is 0 Å². The molecule has 0 saturated heterocycles. The fourth-order valence-electron chi connectivity index (χ4n) is 2.31. The maximum atomic E-state index is 11.9. The van der Waals surface area contributed by atoms with Gasteiger partial charge in [-0.3, -0.25) is 4.79 Å². The van der Waals surface area contributed by atoms with E-state index in [1.54, 1.807) is 7.05 Å². The van der Waals surface area contributed by atoms with Gasteiger partial charge in [-0.2, -0.15) is 0 Å². The van der Waals surface area contributed by atoms with Crippen LogP contribution in [0.2, 0.25) is 5.02 Å². The number of hydrogen-bond donors (Lipinski definition) is 1. The van der Waals surface area contributed by atoms with E-state index in [0.29, 0.717) is 17.2 Å². The molecule has 0 aliphatic rings. The highest BCUT2D eigenvalue weighted by atomic mass is 35.5. The smallest absolute Gasteiger partial charge is 0.269 e. The van der Waals surface area contributed by atoms with Crippen LogP contribution in [-0.2, 0) is 16.1 Å². The Bertz CT molecular complexity index is 742. The molecule has 0 aliphatic heterocycles. The number of oxime groups is 1. The molecule has 5 heteroatoms. The number of benzene rings is 2. The molecule has 4 nitrogen and oxygen atoms in total. The van der Waals surface area contributed by atoms with Gasteiger partial charge in [0.2, 0.25) is 0 Å². The Morgan fingerprint density at radius 2 is 2.00 bits per heavy atom.